The molecule has 1 fully saturated rings. The van der Waals surface area contributed by atoms with Gasteiger partial charge in [-0.1, -0.05) is 6.07 Å². The van der Waals surface area contributed by atoms with E-state index in [4.69, 9.17) is 10.5 Å². The van der Waals surface area contributed by atoms with Gasteiger partial charge in [-0.05, 0) is 25.0 Å². The highest BCUT2D eigenvalue weighted by molar-refractivity contribution is 5.70. The standard InChI is InChI=1S/C12H17N3O3/c1-18-11-6-2-5-10(12(11)15(16)17)14-7-3-4-9(14)8-13/h2,5-6,9H,3-4,7-8,13H2,1H3. The Balaban J connectivity index is 2.46. The Bertz CT molecular complexity index is 450. The van der Waals surface area contributed by atoms with Crippen molar-refractivity contribution in [1.29, 1.82) is 0 Å². The number of hydrogen-bond donors (Lipinski definition) is 1. The molecule has 6 nitrogen and oxygen atoms in total. The number of para-hydroxylation sites is 1. The van der Waals surface area contributed by atoms with E-state index in [1.165, 1.54) is 7.11 Å². The Kier molecular flexibility index (Phi) is 3.66. The molecule has 6 heteroatoms. The summed E-state index contributed by atoms with van der Waals surface area (Å²) in [7, 11) is 1.44. The highest BCUT2D eigenvalue weighted by atomic mass is 16.6. The van der Waals surface area contributed by atoms with Gasteiger partial charge in [0.2, 0.25) is 0 Å². The van der Waals surface area contributed by atoms with Crippen LogP contribution in [0.5, 0.6) is 5.75 Å². The van der Waals surface area contributed by atoms with Crippen LogP contribution in [0, 0.1) is 10.1 Å². The highest BCUT2D eigenvalue weighted by Gasteiger charge is 2.31. The van der Waals surface area contributed by atoms with Crippen molar-refractivity contribution < 1.29 is 9.66 Å². The van der Waals surface area contributed by atoms with Gasteiger partial charge in [0.25, 0.3) is 0 Å². The van der Waals surface area contributed by atoms with Crippen molar-refractivity contribution in [2.75, 3.05) is 25.1 Å². The maximum atomic E-state index is 11.2. The second-order valence-corrected chi connectivity index (χ2v) is 4.31. The number of nitro groups is 1. The minimum atomic E-state index is -0.389. The summed E-state index contributed by atoms with van der Waals surface area (Å²) in [6.07, 6.45) is 1.99. The zero-order valence-electron chi connectivity index (χ0n) is 10.3. The Morgan fingerprint density at radius 2 is 2.39 bits per heavy atom. The Morgan fingerprint density at radius 3 is 3.00 bits per heavy atom. The average molecular weight is 251 g/mol. The van der Waals surface area contributed by atoms with Crippen LogP contribution in [0.15, 0.2) is 18.2 Å². The first-order valence-electron chi connectivity index (χ1n) is 5.97. The molecule has 0 spiro atoms. The van der Waals surface area contributed by atoms with Crippen molar-refractivity contribution >= 4 is 11.4 Å². The number of benzene rings is 1. The van der Waals surface area contributed by atoms with Crippen molar-refractivity contribution in [3.63, 3.8) is 0 Å². The molecule has 1 saturated heterocycles. The van der Waals surface area contributed by atoms with Crippen LogP contribution >= 0.6 is 0 Å². The molecule has 1 atom stereocenters. The first kappa shape index (κ1) is 12.6. The SMILES string of the molecule is COc1cccc(N2CCCC2CN)c1[N+](=O)[O-]. The fraction of sp³-hybridized carbons (Fsp3) is 0.500. The van der Waals surface area contributed by atoms with E-state index in [-0.39, 0.29) is 16.7 Å². The summed E-state index contributed by atoms with van der Waals surface area (Å²) in [5.41, 5.74) is 6.35. The molecule has 0 aliphatic carbocycles. The van der Waals surface area contributed by atoms with Crippen molar-refractivity contribution in [3.8, 4) is 5.75 Å². The number of ether oxygens (including phenoxy) is 1. The average Bonchev–Trinajstić information content (AvgIpc) is 2.85. The summed E-state index contributed by atoms with van der Waals surface area (Å²) in [6.45, 7) is 1.31. The summed E-state index contributed by atoms with van der Waals surface area (Å²) in [6, 6.07) is 5.31. The molecule has 1 aromatic carbocycles. The fourth-order valence-corrected chi connectivity index (χ4v) is 2.49. The molecule has 1 unspecified atom stereocenters. The predicted molar refractivity (Wildman–Crippen MR) is 69.1 cm³/mol. The van der Waals surface area contributed by atoms with E-state index >= 15 is 0 Å². The van der Waals surface area contributed by atoms with Gasteiger partial charge in [-0.25, -0.2) is 0 Å². The molecule has 0 aromatic heterocycles. The van der Waals surface area contributed by atoms with E-state index in [1.807, 2.05) is 4.90 Å². The monoisotopic (exact) mass is 251 g/mol. The molecule has 98 valence electrons. The van der Waals surface area contributed by atoms with Gasteiger partial charge in [0.1, 0.15) is 5.69 Å². The van der Waals surface area contributed by atoms with Gasteiger partial charge in [0, 0.05) is 19.1 Å². The van der Waals surface area contributed by atoms with E-state index in [0.29, 0.717) is 18.0 Å². The molecule has 18 heavy (non-hydrogen) atoms. The zero-order chi connectivity index (χ0) is 13.1. The largest absolute Gasteiger partial charge is 0.490 e. The normalized spacial score (nSPS) is 19.0. The molecule has 1 aliphatic heterocycles. The maximum absolute atomic E-state index is 11.2. The molecule has 1 aliphatic rings. The Hall–Kier alpha value is -1.82. The van der Waals surface area contributed by atoms with Crippen LogP contribution in [0.3, 0.4) is 0 Å². The fourth-order valence-electron chi connectivity index (χ4n) is 2.49. The molecule has 1 aromatic rings. The molecule has 2 N–H and O–H groups in total. The van der Waals surface area contributed by atoms with Crippen LogP contribution in [0.25, 0.3) is 0 Å². The van der Waals surface area contributed by atoms with Crippen molar-refractivity contribution in [2.24, 2.45) is 5.73 Å². The summed E-state index contributed by atoms with van der Waals surface area (Å²) in [5.74, 6) is 0.292. The quantitative estimate of drug-likeness (QED) is 0.648. The van der Waals surface area contributed by atoms with E-state index in [9.17, 15) is 10.1 Å². The van der Waals surface area contributed by atoms with Crippen LogP contribution in [-0.4, -0.2) is 31.2 Å². The van der Waals surface area contributed by atoms with Gasteiger partial charge in [0.05, 0.1) is 12.0 Å². The maximum Gasteiger partial charge on any atom is 0.333 e. The summed E-state index contributed by atoms with van der Waals surface area (Å²) in [5, 5.41) is 11.2. The van der Waals surface area contributed by atoms with E-state index in [2.05, 4.69) is 0 Å². The van der Waals surface area contributed by atoms with E-state index in [1.54, 1.807) is 18.2 Å². The molecule has 2 rings (SSSR count). The Morgan fingerprint density at radius 1 is 1.61 bits per heavy atom. The van der Waals surface area contributed by atoms with Crippen molar-refractivity contribution in [3.05, 3.63) is 28.3 Å². The Labute approximate surface area is 105 Å². The summed E-state index contributed by atoms with van der Waals surface area (Å²) in [4.78, 5) is 12.8. The third kappa shape index (κ3) is 2.11. The minimum Gasteiger partial charge on any atom is -0.490 e. The van der Waals surface area contributed by atoms with Crippen LogP contribution in [-0.2, 0) is 0 Å². The molecule has 0 radical (unpaired) electrons. The van der Waals surface area contributed by atoms with Crippen LogP contribution in [0.2, 0.25) is 0 Å². The number of methoxy groups -OCH3 is 1. The third-order valence-electron chi connectivity index (χ3n) is 3.34. The molecule has 0 bridgehead atoms. The summed E-state index contributed by atoms with van der Waals surface area (Å²) < 4.78 is 5.08. The predicted octanol–water partition coefficient (Wildman–Crippen LogP) is 1.53. The van der Waals surface area contributed by atoms with Crippen LogP contribution in [0.4, 0.5) is 11.4 Å². The summed E-state index contributed by atoms with van der Waals surface area (Å²) >= 11 is 0. The second kappa shape index (κ2) is 5.22. The van der Waals surface area contributed by atoms with Gasteiger partial charge in [0.15, 0.2) is 5.75 Å². The van der Waals surface area contributed by atoms with Crippen molar-refractivity contribution in [2.45, 2.75) is 18.9 Å². The topological polar surface area (TPSA) is 81.6 Å². The van der Waals surface area contributed by atoms with Crippen LogP contribution < -0.4 is 15.4 Å². The smallest absolute Gasteiger partial charge is 0.333 e. The minimum absolute atomic E-state index is 0.0281. The molecule has 0 amide bonds. The van der Waals surface area contributed by atoms with Gasteiger partial charge >= 0.3 is 5.69 Å². The molecule has 1 heterocycles. The van der Waals surface area contributed by atoms with Gasteiger partial charge < -0.3 is 15.4 Å². The lowest BCUT2D eigenvalue weighted by atomic mass is 10.2. The first-order chi connectivity index (χ1) is 8.69. The van der Waals surface area contributed by atoms with Gasteiger partial charge in [-0.15, -0.1) is 0 Å². The number of anilines is 1. The number of nitrogens with two attached hydrogens (primary N) is 1. The van der Waals surface area contributed by atoms with E-state index < -0.39 is 0 Å². The lowest BCUT2D eigenvalue weighted by Gasteiger charge is -2.25. The molecular weight excluding hydrogens is 234 g/mol. The van der Waals surface area contributed by atoms with Crippen LogP contribution in [0.1, 0.15) is 12.8 Å². The highest BCUT2D eigenvalue weighted by Crippen LogP contribution is 2.39. The van der Waals surface area contributed by atoms with E-state index in [0.717, 1.165) is 19.4 Å². The second-order valence-electron chi connectivity index (χ2n) is 4.31. The zero-order valence-corrected chi connectivity index (χ0v) is 10.3. The lowest BCUT2D eigenvalue weighted by Crippen LogP contribution is -2.35. The third-order valence-corrected chi connectivity index (χ3v) is 3.34. The van der Waals surface area contributed by atoms with Crippen molar-refractivity contribution in [1.82, 2.24) is 0 Å². The number of rotatable bonds is 4. The number of hydrogen-bond acceptors (Lipinski definition) is 5. The molecular formula is C12H17N3O3. The van der Waals surface area contributed by atoms with Gasteiger partial charge in [-0.3, -0.25) is 10.1 Å². The first-order valence-corrected chi connectivity index (χ1v) is 5.97. The lowest BCUT2D eigenvalue weighted by molar-refractivity contribution is -0.385. The molecule has 0 saturated carbocycles. The number of nitro benzene ring substituents is 1. The van der Waals surface area contributed by atoms with Gasteiger partial charge in [-0.2, -0.15) is 0 Å². The number of nitrogens with zero attached hydrogens (tertiary/aromatic N) is 2.